The van der Waals surface area contributed by atoms with E-state index in [4.69, 9.17) is 9.05 Å². The van der Waals surface area contributed by atoms with E-state index in [0.717, 1.165) is 12.8 Å². The van der Waals surface area contributed by atoms with Crippen LogP contribution in [-0.2, 0) is 14.3 Å². The lowest BCUT2D eigenvalue weighted by Crippen LogP contribution is -2.60. The van der Waals surface area contributed by atoms with Crippen molar-refractivity contribution in [1.29, 1.82) is 0 Å². The Morgan fingerprint density at radius 3 is 1.44 bits per heavy atom. The molecule has 2 rings (SSSR count). The fraction of sp³-hybridized carbons (Fsp3) is 0.950. The zero-order valence-corrected chi connectivity index (χ0v) is 19.6. The molecule has 0 saturated carbocycles. The lowest BCUT2D eigenvalue weighted by atomic mass is 9.80. The van der Waals surface area contributed by atoms with Gasteiger partial charge in [-0.25, -0.2) is 0 Å². The fourth-order valence-electron chi connectivity index (χ4n) is 5.16. The maximum atomic E-state index is 12.6. The first kappa shape index (κ1) is 23.3. The van der Waals surface area contributed by atoms with Crippen molar-refractivity contribution in [2.24, 2.45) is 0 Å². The standard InChI is InChI=1S/C20H40N2O4P/c1-17(2)11-15(12-18(3,4)21(17)23)25-27(9,10)26-16-13-19(5,6)22(24)20(7,8)14-16/h15-16,23H,9,11-14H2,1-8,10H3. The number of nitrogens with zero attached hydrogens (tertiary/aromatic N) is 2. The van der Waals surface area contributed by atoms with Crippen molar-refractivity contribution in [3.05, 3.63) is 0 Å². The van der Waals surface area contributed by atoms with Crippen molar-refractivity contribution in [3.8, 4) is 0 Å². The maximum absolute atomic E-state index is 12.6. The third kappa shape index (κ3) is 5.16. The molecular formula is C20H40N2O4P. The molecule has 1 atom stereocenters. The Bertz CT molecular complexity index is 519. The quantitative estimate of drug-likeness (QED) is 0.689. The van der Waals surface area contributed by atoms with E-state index >= 15 is 0 Å². The summed E-state index contributed by atoms with van der Waals surface area (Å²) in [5.74, 6) is 0. The first-order valence-electron chi connectivity index (χ1n) is 9.92. The molecule has 0 aromatic rings. The summed E-state index contributed by atoms with van der Waals surface area (Å²) in [7, 11) is -2.32. The molecule has 2 saturated heterocycles. The van der Waals surface area contributed by atoms with E-state index in [9.17, 15) is 10.4 Å². The highest BCUT2D eigenvalue weighted by Crippen LogP contribution is 2.53. The molecule has 0 spiro atoms. The average molecular weight is 404 g/mol. The van der Waals surface area contributed by atoms with Gasteiger partial charge in [-0.3, -0.25) is 0 Å². The molecule has 2 fully saturated rings. The number of hydrogen-bond acceptors (Lipinski definition) is 5. The van der Waals surface area contributed by atoms with Gasteiger partial charge < -0.3 is 14.3 Å². The van der Waals surface area contributed by atoms with Crippen LogP contribution in [0.3, 0.4) is 0 Å². The molecule has 0 aliphatic carbocycles. The van der Waals surface area contributed by atoms with Gasteiger partial charge in [0.05, 0.1) is 12.2 Å². The van der Waals surface area contributed by atoms with Crippen molar-refractivity contribution in [1.82, 2.24) is 10.1 Å². The number of hydroxylamine groups is 4. The SMILES string of the molecule is C=P(C)(OC1CC(C)(C)N([O])C(C)(C)C1)OC1CC(C)(C)N(O)C(C)(C)C1. The molecule has 6 nitrogen and oxygen atoms in total. The van der Waals surface area contributed by atoms with Crippen LogP contribution < -0.4 is 0 Å². The van der Waals surface area contributed by atoms with Crippen LogP contribution in [0.15, 0.2) is 0 Å². The predicted molar refractivity (Wildman–Crippen MR) is 111 cm³/mol. The minimum Gasteiger partial charge on any atom is -0.334 e. The number of hydrogen-bond donors (Lipinski definition) is 1. The molecule has 1 unspecified atom stereocenters. The minimum absolute atomic E-state index is 0.0187. The van der Waals surface area contributed by atoms with Gasteiger partial charge in [-0.1, -0.05) is 6.30 Å². The Hall–Kier alpha value is 0.0600. The van der Waals surface area contributed by atoms with Gasteiger partial charge in [0.25, 0.3) is 0 Å². The van der Waals surface area contributed by atoms with Crippen molar-refractivity contribution < 1.29 is 19.5 Å². The Morgan fingerprint density at radius 2 is 1.11 bits per heavy atom. The van der Waals surface area contributed by atoms with Crippen molar-refractivity contribution in [2.75, 3.05) is 6.66 Å². The van der Waals surface area contributed by atoms with Gasteiger partial charge in [-0.2, -0.15) is 5.06 Å². The summed E-state index contributed by atoms with van der Waals surface area (Å²) in [5, 5.41) is 25.7. The normalized spacial score (nSPS) is 29.7. The molecule has 27 heavy (non-hydrogen) atoms. The molecular weight excluding hydrogens is 363 g/mol. The zero-order valence-electron chi connectivity index (χ0n) is 18.7. The Labute approximate surface area is 165 Å². The number of rotatable bonds is 4. The summed E-state index contributed by atoms with van der Waals surface area (Å²) >= 11 is 0. The van der Waals surface area contributed by atoms with Gasteiger partial charge in [-0.15, -0.1) is 10.3 Å². The molecule has 0 bridgehead atoms. The Kier molecular flexibility index (Phi) is 6.13. The van der Waals surface area contributed by atoms with Gasteiger partial charge in [0.15, 0.2) is 0 Å². The van der Waals surface area contributed by atoms with E-state index < -0.39 is 18.4 Å². The highest BCUT2D eigenvalue weighted by molar-refractivity contribution is 7.63. The van der Waals surface area contributed by atoms with Crippen molar-refractivity contribution in [3.63, 3.8) is 0 Å². The predicted octanol–water partition coefficient (Wildman–Crippen LogP) is 4.71. The van der Waals surface area contributed by atoms with E-state index in [2.05, 4.69) is 6.30 Å². The lowest BCUT2D eigenvalue weighted by molar-refractivity contribution is -0.297. The molecule has 2 heterocycles. The van der Waals surface area contributed by atoms with Gasteiger partial charge in [0, 0.05) is 28.8 Å². The monoisotopic (exact) mass is 403 g/mol. The Morgan fingerprint density at radius 1 is 0.815 bits per heavy atom. The molecule has 1 N–H and O–H groups in total. The number of piperidine rings is 2. The summed E-state index contributed by atoms with van der Waals surface area (Å²) < 4.78 is 12.8. The van der Waals surface area contributed by atoms with Crippen LogP contribution in [0.2, 0.25) is 0 Å². The molecule has 2 aliphatic heterocycles. The van der Waals surface area contributed by atoms with Crippen LogP contribution >= 0.6 is 7.34 Å². The largest absolute Gasteiger partial charge is 0.334 e. The minimum atomic E-state index is -2.32. The van der Waals surface area contributed by atoms with Crippen LogP contribution in [0.5, 0.6) is 0 Å². The molecule has 7 heteroatoms. The second-order valence-corrected chi connectivity index (χ2v) is 13.6. The van der Waals surface area contributed by atoms with Gasteiger partial charge in [0.2, 0.25) is 0 Å². The van der Waals surface area contributed by atoms with Crippen molar-refractivity contribution in [2.45, 2.75) is 115 Å². The third-order valence-corrected chi connectivity index (χ3v) is 7.39. The molecule has 0 amide bonds. The maximum Gasteiger partial charge on any atom is 0.115 e. The van der Waals surface area contributed by atoms with Crippen LogP contribution in [0.1, 0.15) is 81.1 Å². The zero-order chi connectivity index (χ0) is 21.1. The molecule has 2 aliphatic rings. The van der Waals surface area contributed by atoms with E-state index in [1.807, 2.05) is 62.1 Å². The Balaban J connectivity index is 2.08. The second-order valence-electron chi connectivity index (χ2n) is 11.1. The van der Waals surface area contributed by atoms with Gasteiger partial charge in [0.1, 0.15) is 7.34 Å². The van der Waals surface area contributed by atoms with E-state index in [0.29, 0.717) is 12.8 Å². The average Bonchev–Trinajstić information content (AvgIpc) is 2.39. The summed E-state index contributed by atoms with van der Waals surface area (Å²) in [6.45, 7) is 18.0. The molecule has 0 aromatic carbocycles. The fourth-order valence-corrected chi connectivity index (χ4v) is 6.76. The molecule has 0 aromatic heterocycles. The van der Waals surface area contributed by atoms with Crippen LogP contribution in [0.4, 0.5) is 0 Å². The van der Waals surface area contributed by atoms with Gasteiger partial charge in [-0.05, 0) is 81.1 Å². The highest BCUT2D eigenvalue weighted by atomic mass is 31.2. The summed E-state index contributed by atoms with van der Waals surface area (Å²) in [4.78, 5) is 0. The smallest absolute Gasteiger partial charge is 0.115 e. The highest BCUT2D eigenvalue weighted by Gasteiger charge is 2.49. The van der Waals surface area contributed by atoms with Crippen LogP contribution in [-0.4, -0.2) is 62.7 Å². The molecule has 1 radical (unpaired) electrons. The first-order chi connectivity index (χ1) is 11.9. The second kappa shape index (κ2) is 7.09. The lowest BCUT2D eigenvalue weighted by Gasteiger charge is -2.52. The van der Waals surface area contributed by atoms with E-state index in [1.54, 1.807) is 0 Å². The summed E-state index contributed by atoms with van der Waals surface area (Å²) in [6, 6.07) is 0. The third-order valence-electron chi connectivity index (χ3n) is 5.90. The summed E-state index contributed by atoms with van der Waals surface area (Å²) in [6.07, 6.45) is 6.99. The molecule has 159 valence electrons. The van der Waals surface area contributed by atoms with Gasteiger partial charge >= 0.3 is 0 Å². The van der Waals surface area contributed by atoms with E-state index in [-0.39, 0.29) is 23.3 Å². The van der Waals surface area contributed by atoms with Crippen molar-refractivity contribution >= 4 is 13.6 Å². The van der Waals surface area contributed by atoms with Crippen LogP contribution in [0.25, 0.3) is 0 Å². The van der Waals surface area contributed by atoms with Crippen LogP contribution in [0, 0.1) is 0 Å². The van der Waals surface area contributed by atoms with E-state index in [1.165, 1.54) is 10.1 Å². The summed E-state index contributed by atoms with van der Waals surface area (Å²) in [5.41, 5.74) is -1.69. The first-order valence-corrected chi connectivity index (χ1v) is 12.2. The topological polar surface area (TPSA) is 65.1 Å².